The highest BCUT2D eigenvalue weighted by Gasteiger charge is 2.28. The first-order valence-electron chi connectivity index (χ1n) is 10.9. The molecule has 1 aliphatic carbocycles. The number of nitrogens with one attached hydrogen (secondary N) is 1. The molecule has 0 saturated carbocycles. The zero-order chi connectivity index (χ0) is 21.8. The highest BCUT2D eigenvalue weighted by molar-refractivity contribution is 5.89. The van der Waals surface area contributed by atoms with Gasteiger partial charge in [-0.3, -0.25) is 4.98 Å². The first-order chi connectivity index (χ1) is 15.8. The van der Waals surface area contributed by atoms with E-state index >= 15 is 0 Å². The molecule has 1 heterocycles. The molecular formula is C28H24N2O2. The van der Waals surface area contributed by atoms with E-state index < -0.39 is 0 Å². The average molecular weight is 421 g/mol. The van der Waals surface area contributed by atoms with Gasteiger partial charge in [0.2, 0.25) is 0 Å². The number of aromatic nitrogens is 1. The summed E-state index contributed by atoms with van der Waals surface area (Å²) < 4.78 is 5.58. The van der Waals surface area contributed by atoms with Crippen molar-refractivity contribution in [1.29, 1.82) is 0 Å². The summed E-state index contributed by atoms with van der Waals surface area (Å²) in [6.07, 6.45) is 8.17. The second kappa shape index (κ2) is 9.06. The molecule has 4 aromatic rings. The van der Waals surface area contributed by atoms with Crippen molar-refractivity contribution in [3.8, 4) is 11.1 Å². The first-order valence-corrected chi connectivity index (χ1v) is 10.9. The lowest BCUT2D eigenvalue weighted by molar-refractivity contribution is 0.143. The lowest BCUT2D eigenvalue weighted by atomic mass is 9.98. The highest BCUT2D eigenvalue weighted by Crippen LogP contribution is 2.44. The number of hydrogen-bond acceptors (Lipinski definition) is 3. The molecule has 0 aliphatic heterocycles. The Morgan fingerprint density at radius 1 is 0.938 bits per heavy atom. The molecule has 1 N–H and O–H groups in total. The van der Waals surface area contributed by atoms with Crippen LogP contribution in [0.15, 0.2) is 91.3 Å². The van der Waals surface area contributed by atoms with Crippen LogP contribution in [0.2, 0.25) is 0 Å². The quantitative estimate of drug-likeness (QED) is 0.379. The van der Waals surface area contributed by atoms with Gasteiger partial charge >= 0.3 is 6.09 Å². The lowest BCUT2D eigenvalue weighted by Crippen LogP contribution is -2.26. The molecule has 0 radical (unpaired) electrons. The van der Waals surface area contributed by atoms with Crippen LogP contribution in [0.5, 0.6) is 0 Å². The Kier molecular flexibility index (Phi) is 5.67. The number of carbonyl (C=O) groups is 1. The fraction of sp³-hybridized carbons (Fsp3) is 0.143. The Morgan fingerprint density at radius 3 is 2.47 bits per heavy atom. The van der Waals surface area contributed by atoms with Crippen LogP contribution >= 0.6 is 0 Å². The molecule has 3 aromatic carbocycles. The monoisotopic (exact) mass is 420 g/mol. The van der Waals surface area contributed by atoms with Gasteiger partial charge in [-0.1, -0.05) is 78.9 Å². The van der Waals surface area contributed by atoms with Crippen LogP contribution < -0.4 is 5.32 Å². The summed E-state index contributed by atoms with van der Waals surface area (Å²) in [6.45, 7) is 0.860. The first kappa shape index (κ1) is 20.0. The van der Waals surface area contributed by atoms with E-state index in [4.69, 9.17) is 4.74 Å². The second-order valence-corrected chi connectivity index (χ2v) is 7.89. The van der Waals surface area contributed by atoms with Crippen molar-refractivity contribution in [2.45, 2.75) is 12.3 Å². The fourth-order valence-corrected chi connectivity index (χ4v) is 4.41. The molecule has 158 valence electrons. The van der Waals surface area contributed by atoms with Gasteiger partial charge < -0.3 is 10.1 Å². The molecule has 0 bridgehead atoms. The summed E-state index contributed by atoms with van der Waals surface area (Å²) in [6, 6.07) is 24.9. The largest absolute Gasteiger partial charge is 0.449 e. The summed E-state index contributed by atoms with van der Waals surface area (Å²) in [7, 11) is 0. The van der Waals surface area contributed by atoms with Crippen LogP contribution in [0, 0.1) is 0 Å². The van der Waals surface area contributed by atoms with E-state index in [9.17, 15) is 4.79 Å². The van der Waals surface area contributed by atoms with Gasteiger partial charge in [-0.05, 0) is 45.7 Å². The summed E-state index contributed by atoms with van der Waals surface area (Å²) in [4.78, 5) is 16.4. The van der Waals surface area contributed by atoms with Gasteiger partial charge in [0.25, 0.3) is 0 Å². The zero-order valence-corrected chi connectivity index (χ0v) is 17.7. The van der Waals surface area contributed by atoms with Gasteiger partial charge in [0, 0.05) is 30.2 Å². The molecule has 0 unspecified atom stereocenters. The predicted octanol–water partition coefficient (Wildman–Crippen LogP) is 6.18. The molecule has 4 heteroatoms. The number of amides is 1. The Hall–Kier alpha value is -3.92. The van der Waals surface area contributed by atoms with Gasteiger partial charge in [0.1, 0.15) is 6.61 Å². The normalized spacial score (nSPS) is 12.6. The van der Waals surface area contributed by atoms with E-state index in [0.29, 0.717) is 13.2 Å². The minimum absolute atomic E-state index is 0.0777. The minimum Gasteiger partial charge on any atom is -0.449 e. The van der Waals surface area contributed by atoms with E-state index in [1.54, 1.807) is 6.20 Å². The lowest BCUT2D eigenvalue weighted by Gasteiger charge is -2.14. The maximum atomic E-state index is 12.3. The van der Waals surface area contributed by atoms with Crippen LogP contribution in [-0.4, -0.2) is 24.2 Å². The Bertz CT molecular complexity index is 1240. The number of benzene rings is 3. The third kappa shape index (κ3) is 4.00. The topological polar surface area (TPSA) is 51.2 Å². The number of alkyl carbamates (subject to hydrolysis) is 1. The van der Waals surface area contributed by atoms with Crippen molar-refractivity contribution in [1.82, 2.24) is 10.3 Å². The van der Waals surface area contributed by atoms with E-state index in [1.165, 1.54) is 27.6 Å². The highest BCUT2D eigenvalue weighted by atomic mass is 16.5. The number of carbonyl (C=O) groups excluding carboxylic acids is 1. The Labute approximate surface area is 187 Å². The van der Waals surface area contributed by atoms with Crippen LogP contribution in [-0.2, 0) is 4.74 Å². The van der Waals surface area contributed by atoms with Crippen molar-refractivity contribution < 1.29 is 9.53 Å². The third-order valence-electron chi connectivity index (χ3n) is 5.94. The summed E-state index contributed by atoms with van der Waals surface area (Å²) >= 11 is 0. The molecule has 0 atom stereocenters. The minimum atomic E-state index is -0.378. The van der Waals surface area contributed by atoms with Gasteiger partial charge in [-0.15, -0.1) is 0 Å². The average Bonchev–Trinajstić information content (AvgIpc) is 3.16. The molecule has 0 spiro atoms. The molecular weight excluding hydrogens is 396 g/mol. The smallest absolute Gasteiger partial charge is 0.407 e. The van der Waals surface area contributed by atoms with E-state index in [2.05, 4.69) is 58.9 Å². The third-order valence-corrected chi connectivity index (χ3v) is 5.94. The predicted molar refractivity (Wildman–Crippen MR) is 128 cm³/mol. The van der Waals surface area contributed by atoms with E-state index in [0.717, 1.165) is 17.4 Å². The van der Waals surface area contributed by atoms with Crippen LogP contribution in [0.4, 0.5) is 4.79 Å². The van der Waals surface area contributed by atoms with Crippen molar-refractivity contribution in [2.75, 3.05) is 13.2 Å². The van der Waals surface area contributed by atoms with Gasteiger partial charge in [0.05, 0.1) is 0 Å². The molecule has 1 aromatic heterocycles. The SMILES string of the molecule is O=C(NCCC=Cc1cccc2cnccc12)OCC1c2ccccc2-c2ccccc21. The van der Waals surface area contributed by atoms with Crippen molar-refractivity contribution >= 4 is 22.9 Å². The van der Waals surface area contributed by atoms with Crippen molar-refractivity contribution in [3.63, 3.8) is 0 Å². The standard InChI is InChI=1S/C28H24N2O2/c31-28(30-16-6-5-8-20-9-7-10-21-18-29-17-15-22(20)21)32-19-27-25-13-3-1-11-23(25)24-12-2-4-14-26(24)27/h1-5,7-15,17-18,27H,6,16,19H2,(H,30,31). The number of hydrogen-bond donors (Lipinski definition) is 1. The molecule has 0 fully saturated rings. The number of pyridine rings is 1. The number of nitrogens with zero attached hydrogens (tertiary/aromatic N) is 1. The zero-order valence-electron chi connectivity index (χ0n) is 17.7. The number of ether oxygens (including phenoxy) is 1. The number of rotatable bonds is 6. The van der Waals surface area contributed by atoms with Gasteiger partial charge in [0.15, 0.2) is 0 Å². The van der Waals surface area contributed by atoms with Crippen LogP contribution in [0.25, 0.3) is 28.0 Å². The Balaban J connectivity index is 1.14. The van der Waals surface area contributed by atoms with Crippen molar-refractivity contribution in [2.24, 2.45) is 0 Å². The van der Waals surface area contributed by atoms with E-state index in [-0.39, 0.29) is 12.0 Å². The summed E-state index contributed by atoms with van der Waals surface area (Å²) in [5.74, 6) is 0.0777. The molecule has 4 nitrogen and oxygen atoms in total. The molecule has 32 heavy (non-hydrogen) atoms. The van der Waals surface area contributed by atoms with Gasteiger partial charge in [-0.25, -0.2) is 4.79 Å². The van der Waals surface area contributed by atoms with Crippen molar-refractivity contribution in [3.05, 3.63) is 108 Å². The summed E-state index contributed by atoms with van der Waals surface area (Å²) in [5.41, 5.74) is 6.04. The Morgan fingerprint density at radius 2 is 1.69 bits per heavy atom. The molecule has 5 rings (SSSR count). The maximum absolute atomic E-state index is 12.3. The van der Waals surface area contributed by atoms with Crippen LogP contribution in [0.3, 0.4) is 0 Å². The van der Waals surface area contributed by atoms with Gasteiger partial charge in [-0.2, -0.15) is 0 Å². The maximum Gasteiger partial charge on any atom is 0.407 e. The molecule has 1 amide bonds. The number of fused-ring (bicyclic) bond motifs is 4. The molecule has 0 saturated heterocycles. The van der Waals surface area contributed by atoms with E-state index in [1.807, 2.05) is 42.6 Å². The molecule has 1 aliphatic rings. The second-order valence-electron chi connectivity index (χ2n) is 7.89. The fourth-order valence-electron chi connectivity index (χ4n) is 4.41. The van der Waals surface area contributed by atoms with Crippen LogP contribution in [0.1, 0.15) is 29.0 Å². The summed E-state index contributed by atoms with van der Waals surface area (Å²) in [5, 5.41) is 5.14.